The van der Waals surface area contributed by atoms with Crippen molar-refractivity contribution >= 4 is 11.0 Å². The molecule has 4 heterocycles. The van der Waals surface area contributed by atoms with Crippen LogP contribution >= 0.6 is 0 Å². The molecule has 3 aromatic rings. The summed E-state index contributed by atoms with van der Waals surface area (Å²) in [7, 11) is 1.24. The summed E-state index contributed by atoms with van der Waals surface area (Å²) in [5.74, 6) is -2.64. The van der Waals surface area contributed by atoms with Crippen LogP contribution in [0, 0.1) is 0 Å². The second kappa shape index (κ2) is 16.9. The zero-order chi connectivity index (χ0) is 40.7. The molecule has 0 unspecified atom stereocenters. The first-order valence-corrected chi connectivity index (χ1v) is 17.1. The zero-order valence-electron chi connectivity index (χ0n) is 29.2. The molecule has 22 nitrogen and oxygen atoms in total. The van der Waals surface area contributed by atoms with E-state index in [1.54, 1.807) is 0 Å². The Hall–Kier alpha value is -3.95. The number of fused-ring (bicyclic) bond motifs is 1. The van der Waals surface area contributed by atoms with Crippen molar-refractivity contribution in [1.29, 1.82) is 0 Å². The zero-order valence-corrected chi connectivity index (χ0v) is 29.2. The molecule has 3 aliphatic rings. The van der Waals surface area contributed by atoms with Crippen molar-refractivity contribution in [2.24, 2.45) is 0 Å². The SMILES string of the molecule is COc1cc(-c2oc3cc(O[C@@H]4O[C@H](CO[C@@H]5O[C@H](CO)[C@@H](O)[C@H](O)[C@H]5O)[C@@H](O)[C@H](O)[C@H]4O)cc(O)c3c(=O)c2O[C@@H]2O[C@H](CO)[C@@H](O)[C@H](O)[C@H]2O)ccc1O. The van der Waals surface area contributed by atoms with Crippen LogP contribution in [-0.2, 0) is 18.9 Å². The first-order valence-electron chi connectivity index (χ1n) is 17.1. The van der Waals surface area contributed by atoms with Crippen molar-refractivity contribution in [3.05, 3.63) is 40.6 Å². The summed E-state index contributed by atoms with van der Waals surface area (Å²) in [6.45, 7) is -2.23. The number of hydrogen-bond donors (Lipinski definition) is 13. The van der Waals surface area contributed by atoms with E-state index in [2.05, 4.69) is 0 Å². The third kappa shape index (κ3) is 7.83. The van der Waals surface area contributed by atoms with Crippen molar-refractivity contribution in [1.82, 2.24) is 0 Å². The average Bonchev–Trinajstić information content (AvgIpc) is 3.18. The molecule has 0 amide bonds. The fourth-order valence-corrected chi connectivity index (χ4v) is 6.40. The second-order valence-corrected chi connectivity index (χ2v) is 13.3. The fourth-order valence-electron chi connectivity index (χ4n) is 6.40. The van der Waals surface area contributed by atoms with Gasteiger partial charge in [-0.2, -0.15) is 0 Å². The van der Waals surface area contributed by atoms with Gasteiger partial charge in [0, 0.05) is 17.7 Å². The highest BCUT2D eigenvalue weighted by atomic mass is 16.7. The highest BCUT2D eigenvalue weighted by molar-refractivity contribution is 5.88. The van der Waals surface area contributed by atoms with Gasteiger partial charge >= 0.3 is 0 Å². The van der Waals surface area contributed by atoms with Crippen LogP contribution in [0.15, 0.2) is 39.5 Å². The first-order chi connectivity index (χ1) is 26.6. The molecule has 56 heavy (non-hydrogen) atoms. The normalized spacial score (nSPS) is 36.3. The Kier molecular flexibility index (Phi) is 12.6. The molecule has 0 aliphatic carbocycles. The van der Waals surface area contributed by atoms with Crippen LogP contribution in [0.4, 0.5) is 0 Å². The minimum absolute atomic E-state index is 0.0226. The van der Waals surface area contributed by atoms with Gasteiger partial charge in [-0.05, 0) is 18.2 Å². The van der Waals surface area contributed by atoms with E-state index in [9.17, 15) is 71.2 Å². The molecular formula is C34H42O22. The van der Waals surface area contributed by atoms with E-state index < -0.39 is 140 Å². The predicted octanol–water partition coefficient (Wildman–Crippen LogP) is -4.94. The number of aliphatic hydroxyl groups excluding tert-OH is 11. The van der Waals surface area contributed by atoms with Gasteiger partial charge in [-0.1, -0.05) is 0 Å². The monoisotopic (exact) mass is 802 g/mol. The van der Waals surface area contributed by atoms with Gasteiger partial charge < -0.3 is 104 Å². The third-order valence-electron chi connectivity index (χ3n) is 9.62. The van der Waals surface area contributed by atoms with E-state index >= 15 is 0 Å². The van der Waals surface area contributed by atoms with Gasteiger partial charge in [-0.15, -0.1) is 0 Å². The Morgan fingerprint density at radius 3 is 1.75 bits per heavy atom. The van der Waals surface area contributed by atoms with Crippen LogP contribution in [0.3, 0.4) is 0 Å². The lowest BCUT2D eigenvalue weighted by molar-refractivity contribution is -0.323. The summed E-state index contributed by atoms with van der Waals surface area (Å²) >= 11 is 0. The number of rotatable bonds is 11. The summed E-state index contributed by atoms with van der Waals surface area (Å²) in [6.07, 6.45) is -26.1. The van der Waals surface area contributed by atoms with E-state index in [-0.39, 0.29) is 28.4 Å². The average molecular weight is 803 g/mol. The van der Waals surface area contributed by atoms with E-state index in [1.165, 1.54) is 25.3 Å². The molecule has 13 N–H and O–H groups in total. The minimum atomic E-state index is -1.96. The molecule has 310 valence electrons. The Morgan fingerprint density at radius 1 is 0.625 bits per heavy atom. The molecule has 1 aromatic heterocycles. The summed E-state index contributed by atoms with van der Waals surface area (Å²) in [5, 5.41) is 133. The molecule has 3 aliphatic heterocycles. The number of phenolic OH excluding ortho intramolecular Hbond substituents is 2. The highest BCUT2D eigenvalue weighted by Gasteiger charge is 2.49. The van der Waals surface area contributed by atoms with Crippen LogP contribution in [0.25, 0.3) is 22.3 Å². The van der Waals surface area contributed by atoms with Crippen LogP contribution in [-0.4, -0.2) is 185 Å². The number of phenols is 2. The smallest absolute Gasteiger partial charge is 0.239 e. The number of benzene rings is 2. The number of aliphatic hydroxyl groups is 11. The maximum Gasteiger partial charge on any atom is 0.239 e. The quantitative estimate of drug-likeness (QED) is 0.0863. The molecule has 0 bridgehead atoms. The Labute approximate surface area is 314 Å². The van der Waals surface area contributed by atoms with Gasteiger partial charge in [0.15, 0.2) is 23.5 Å². The van der Waals surface area contributed by atoms with E-state index in [0.717, 1.165) is 12.1 Å². The van der Waals surface area contributed by atoms with Crippen LogP contribution < -0.4 is 19.6 Å². The standard InChI is InChI=1S/C34H42O22/c1-49-14-4-10(2-3-12(14)37)30-31(56-34-29(48)25(44)21(40)17(8-36)54-34)23(42)19-13(38)5-11(6-15(19)52-30)51-33-28(47)26(45)22(41)18(55-33)9-50-32-27(46)24(43)20(39)16(7-35)53-32/h2-6,16-18,20-22,24-29,32-41,43-48H,7-9H2,1H3/t16-,17-,18-,20-,21-,22-,24+,25+,26+,27-,28-,29-,32-,33-,34+/m1/s1. The summed E-state index contributed by atoms with van der Waals surface area (Å²) < 4.78 is 44.3. The summed E-state index contributed by atoms with van der Waals surface area (Å²) in [5.41, 5.74) is -1.44. The molecular weight excluding hydrogens is 760 g/mol. The van der Waals surface area contributed by atoms with Crippen molar-refractivity contribution in [3.8, 4) is 40.1 Å². The molecule has 3 saturated heterocycles. The van der Waals surface area contributed by atoms with Gasteiger partial charge in [0.1, 0.15) is 95.7 Å². The fraction of sp³-hybridized carbons (Fsp3) is 0.559. The summed E-state index contributed by atoms with van der Waals surface area (Å²) in [6, 6.07) is 5.68. The Bertz CT molecular complexity index is 1880. The topological polar surface area (TPSA) is 358 Å². The third-order valence-corrected chi connectivity index (χ3v) is 9.62. The Morgan fingerprint density at radius 2 is 1.16 bits per heavy atom. The molecule has 2 aromatic carbocycles. The predicted molar refractivity (Wildman–Crippen MR) is 179 cm³/mol. The number of aromatic hydroxyl groups is 2. The van der Waals surface area contributed by atoms with Gasteiger partial charge in [0.2, 0.25) is 23.8 Å². The summed E-state index contributed by atoms with van der Waals surface area (Å²) in [4.78, 5) is 14.0. The number of hydrogen-bond acceptors (Lipinski definition) is 22. The minimum Gasteiger partial charge on any atom is -0.507 e. The van der Waals surface area contributed by atoms with Crippen LogP contribution in [0.2, 0.25) is 0 Å². The number of methoxy groups -OCH3 is 1. The highest BCUT2D eigenvalue weighted by Crippen LogP contribution is 2.40. The van der Waals surface area contributed by atoms with Gasteiger partial charge in [0.05, 0.1) is 26.9 Å². The second-order valence-electron chi connectivity index (χ2n) is 13.3. The first kappa shape index (κ1) is 41.7. The largest absolute Gasteiger partial charge is 0.507 e. The van der Waals surface area contributed by atoms with E-state index in [1.807, 2.05) is 0 Å². The Balaban J connectivity index is 1.32. The number of ether oxygens (including phenoxy) is 7. The molecule has 0 spiro atoms. The molecule has 15 atom stereocenters. The van der Waals surface area contributed by atoms with Gasteiger partial charge in [0.25, 0.3) is 0 Å². The maximum absolute atomic E-state index is 14.0. The molecule has 0 radical (unpaired) electrons. The molecule has 6 rings (SSSR count). The molecule has 3 fully saturated rings. The lowest BCUT2D eigenvalue weighted by atomic mass is 9.98. The van der Waals surface area contributed by atoms with E-state index in [4.69, 9.17) is 37.6 Å². The van der Waals surface area contributed by atoms with Crippen LogP contribution in [0.5, 0.6) is 28.7 Å². The van der Waals surface area contributed by atoms with Crippen LogP contribution in [0.1, 0.15) is 0 Å². The van der Waals surface area contributed by atoms with Crippen molar-refractivity contribution in [2.45, 2.75) is 92.1 Å². The van der Waals surface area contributed by atoms with Crippen molar-refractivity contribution in [2.75, 3.05) is 26.9 Å². The van der Waals surface area contributed by atoms with Crippen molar-refractivity contribution in [3.63, 3.8) is 0 Å². The lowest BCUT2D eigenvalue weighted by Crippen LogP contribution is -2.62. The van der Waals surface area contributed by atoms with Gasteiger partial charge in [-0.25, -0.2) is 0 Å². The van der Waals surface area contributed by atoms with Crippen molar-refractivity contribution < 1.29 is 104 Å². The van der Waals surface area contributed by atoms with Gasteiger partial charge in [-0.3, -0.25) is 4.79 Å². The molecule has 0 saturated carbocycles. The molecule has 22 heteroatoms. The lowest BCUT2D eigenvalue weighted by Gasteiger charge is -2.42. The maximum atomic E-state index is 14.0. The van der Waals surface area contributed by atoms with E-state index in [0.29, 0.717) is 0 Å².